The van der Waals surface area contributed by atoms with Crippen LogP contribution in [0.1, 0.15) is 29.7 Å². The molecule has 0 heterocycles. The molecule has 13 N–H and O–H groups in total. The Labute approximate surface area is 160 Å². The van der Waals surface area contributed by atoms with Crippen LogP contribution in [-0.2, 0) is 31.4 Å². The summed E-state index contributed by atoms with van der Waals surface area (Å²) in [5.41, 5.74) is 0. The zero-order chi connectivity index (χ0) is 19.9. The summed E-state index contributed by atoms with van der Waals surface area (Å²) < 4.78 is 53.3. The lowest BCUT2D eigenvalue weighted by Crippen LogP contribution is -1.84. The van der Waals surface area contributed by atoms with Crippen LogP contribution in [0, 0.1) is 0 Å². The standard InChI is InChI=1S/4CH4.2H4O7P2.H3O4P.H2O/c;;;;2*1-8(2,3)7-9(4,5)6;1-5(2,3)4;/h4*1H4;2*(H2,1,2,3)(H2,4,5,6);(H3,1,2,3,4);1H2. The molecule has 0 unspecified atom stereocenters. The number of phosphoric acid groups is 5. The van der Waals surface area contributed by atoms with E-state index in [0.29, 0.717) is 0 Å². The van der Waals surface area contributed by atoms with Crippen molar-refractivity contribution in [3.05, 3.63) is 0 Å². The van der Waals surface area contributed by atoms with Crippen molar-refractivity contribution in [2.45, 2.75) is 29.7 Å². The summed E-state index contributed by atoms with van der Waals surface area (Å²) >= 11 is 0. The molecule has 19 nitrogen and oxygen atoms in total. The Balaban J connectivity index is -0.0000000339. The second kappa shape index (κ2) is 18.4. The molecule has 0 rings (SSSR count). The van der Waals surface area contributed by atoms with E-state index in [2.05, 4.69) is 8.62 Å². The quantitative estimate of drug-likeness (QED) is 0.195. The van der Waals surface area contributed by atoms with E-state index in [4.69, 9.17) is 58.4 Å². The van der Waals surface area contributed by atoms with Gasteiger partial charge in [-0.05, 0) is 0 Å². The monoisotopic (exact) mass is 536 g/mol. The van der Waals surface area contributed by atoms with Crippen molar-refractivity contribution in [1.82, 2.24) is 0 Å². The fourth-order valence-corrected chi connectivity index (χ4v) is 2.49. The molecule has 24 heteroatoms. The van der Waals surface area contributed by atoms with Crippen molar-refractivity contribution >= 4 is 39.1 Å². The maximum absolute atomic E-state index is 9.63. The van der Waals surface area contributed by atoms with Crippen LogP contribution in [0.15, 0.2) is 0 Å². The van der Waals surface area contributed by atoms with Crippen LogP contribution in [0.3, 0.4) is 0 Å². The first-order chi connectivity index (χ1) is 9.41. The van der Waals surface area contributed by atoms with Gasteiger partial charge in [0.25, 0.3) is 0 Å². The van der Waals surface area contributed by atoms with Gasteiger partial charge >= 0.3 is 39.1 Å². The molecule has 0 aromatic heterocycles. The van der Waals surface area contributed by atoms with E-state index in [1.54, 1.807) is 0 Å². The predicted molar refractivity (Wildman–Crippen MR) is 95.1 cm³/mol. The molecular formula is C4H29O19P5. The van der Waals surface area contributed by atoms with Gasteiger partial charge in [-0.1, -0.05) is 29.7 Å². The summed E-state index contributed by atoms with van der Waals surface area (Å²) in [7, 11) is -24.8. The smallest absolute Gasteiger partial charge is 0.412 e. The van der Waals surface area contributed by atoms with Crippen LogP contribution >= 0.6 is 39.1 Å². The molecule has 0 aromatic carbocycles. The lowest BCUT2D eigenvalue weighted by atomic mass is 12.0. The first-order valence-electron chi connectivity index (χ1n) is 3.84. The number of rotatable bonds is 4. The molecule has 0 aliphatic heterocycles. The molecule has 184 valence electrons. The molecule has 0 radical (unpaired) electrons. The molecule has 0 amide bonds. The predicted octanol–water partition coefficient (Wildman–Crippen LogP) is -0.832. The third-order valence-corrected chi connectivity index (χ3v) is 3.83. The third-order valence-electron chi connectivity index (χ3n) is 0.425. The Kier molecular flexibility index (Phi) is 33.7. The van der Waals surface area contributed by atoms with Crippen molar-refractivity contribution in [2.75, 3.05) is 0 Å². The van der Waals surface area contributed by atoms with Crippen LogP contribution in [-0.4, -0.2) is 59.3 Å². The van der Waals surface area contributed by atoms with Crippen molar-refractivity contribution < 1.29 is 90.8 Å². The number of hydrogen-bond donors (Lipinski definition) is 11. The van der Waals surface area contributed by atoms with E-state index in [1.807, 2.05) is 0 Å². The largest absolute Gasteiger partial charge is 0.478 e. The molecule has 0 saturated carbocycles. The molecule has 0 aromatic rings. The topological polar surface area (TPSA) is 358 Å². The molecule has 0 fully saturated rings. The van der Waals surface area contributed by atoms with Gasteiger partial charge in [-0.25, -0.2) is 22.8 Å². The van der Waals surface area contributed by atoms with Crippen LogP contribution in [0.2, 0.25) is 0 Å². The van der Waals surface area contributed by atoms with E-state index in [9.17, 15) is 18.3 Å². The molecule has 28 heavy (non-hydrogen) atoms. The van der Waals surface area contributed by atoms with Gasteiger partial charge in [0.15, 0.2) is 0 Å². The summed E-state index contributed by atoms with van der Waals surface area (Å²) in [5, 5.41) is 0. The van der Waals surface area contributed by atoms with Crippen molar-refractivity contribution in [3.8, 4) is 0 Å². The van der Waals surface area contributed by atoms with Crippen LogP contribution in [0.4, 0.5) is 0 Å². The highest BCUT2D eigenvalue weighted by atomic mass is 31.3. The van der Waals surface area contributed by atoms with Gasteiger partial charge in [0.2, 0.25) is 0 Å². The highest BCUT2D eigenvalue weighted by molar-refractivity contribution is 7.60. The maximum Gasteiger partial charge on any atom is 0.478 e. The van der Waals surface area contributed by atoms with Crippen molar-refractivity contribution in [3.63, 3.8) is 0 Å². The molecule has 0 spiro atoms. The van der Waals surface area contributed by atoms with E-state index < -0.39 is 39.1 Å². The van der Waals surface area contributed by atoms with Gasteiger partial charge in [-0.15, -0.1) is 0 Å². The third kappa shape index (κ3) is 110. The average molecular weight is 536 g/mol. The van der Waals surface area contributed by atoms with Crippen molar-refractivity contribution in [1.29, 1.82) is 0 Å². The molecule has 0 aliphatic carbocycles. The summed E-state index contributed by atoms with van der Waals surface area (Å²) in [6, 6.07) is 0. The summed E-state index contributed by atoms with van der Waals surface area (Å²) in [5.74, 6) is 0. The Hall–Kier alpha value is 0.590. The summed E-state index contributed by atoms with van der Waals surface area (Å²) in [4.78, 5) is 83.6. The Morgan fingerprint density at radius 2 is 0.464 bits per heavy atom. The van der Waals surface area contributed by atoms with Gasteiger partial charge in [0, 0.05) is 0 Å². The van der Waals surface area contributed by atoms with Crippen molar-refractivity contribution in [2.24, 2.45) is 0 Å². The lowest BCUT2D eigenvalue weighted by Gasteiger charge is -2.03. The fraction of sp³-hybridized carbons (Fsp3) is 1.00. The second-order valence-corrected chi connectivity index (χ2v) is 8.90. The minimum absolute atomic E-state index is 0. The normalized spacial score (nSPS) is 11.0. The summed E-state index contributed by atoms with van der Waals surface area (Å²) in [6.45, 7) is 0. The maximum atomic E-state index is 9.63. The molecule has 0 atom stereocenters. The van der Waals surface area contributed by atoms with Gasteiger partial charge < -0.3 is 59.3 Å². The Morgan fingerprint density at radius 3 is 0.464 bits per heavy atom. The van der Waals surface area contributed by atoms with Crippen LogP contribution < -0.4 is 0 Å². The lowest BCUT2D eigenvalue weighted by molar-refractivity contribution is 0.221. The van der Waals surface area contributed by atoms with Gasteiger partial charge in [-0.3, -0.25) is 0 Å². The van der Waals surface area contributed by atoms with Crippen LogP contribution in [0.5, 0.6) is 0 Å². The summed E-state index contributed by atoms with van der Waals surface area (Å²) in [6.07, 6.45) is 0. The zero-order valence-electron chi connectivity index (χ0n) is 10.5. The molecule has 0 bridgehead atoms. The van der Waals surface area contributed by atoms with Gasteiger partial charge in [-0.2, -0.15) is 8.62 Å². The highest BCUT2D eigenvalue weighted by Gasteiger charge is 2.28. The SMILES string of the molecule is C.C.C.C.O.O=P(O)(O)O.O=P(O)(O)OP(=O)(O)O.O=P(O)(O)OP(=O)(O)O. The average Bonchev–Trinajstić information content (AvgIpc) is 1.81. The Morgan fingerprint density at radius 1 is 0.393 bits per heavy atom. The van der Waals surface area contributed by atoms with E-state index in [0.717, 1.165) is 0 Å². The first-order valence-corrected chi connectivity index (χ1v) is 11.5. The van der Waals surface area contributed by atoms with Gasteiger partial charge in [0.05, 0.1) is 0 Å². The van der Waals surface area contributed by atoms with Gasteiger partial charge in [0.1, 0.15) is 0 Å². The molecule has 0 saturated heterocycles. The number of hydrogen-bond acceptors (Lipinski definition) is 7. The Bertz CT molecular complexity index is 477. The minimum Gasteiger partial charge on any atom is -0.412 e. The highest BCUT2D eigenvalue weighted by Crippen LogP contribution is 2.54. The first kappa shape index (κ1) is 51.3. The fourth-order valence-electron chi connectivity index (χ4n) is 0.277. The van der Waals surface area contributed by atoms with E-state index >= 15 is 0 Å². The molecular weight excluding hydrogens is 507 g/mol. The van der Waals surface area contributed by atoms with E-state index in [1.165, 1.54) is 0 Å². The minimum atomic E-state index is -5.05. The molecule has 0 aliphatic rings. The van der Waals surface area contributed by atoms with Crippen LogP contribution in [0.25, 0.3) is 0 Å². The zero-order valence-corrected chi connectivity index (χ0v) is 15.0. The van der Waals surface area contributed by atoms with E-state index in [-0.39, 0.29) is 35.2 Å². The second-order valence-electron chi connectivity index (χ2n) is 2.64.